The number of quaternary nitrogens is 1. The fourth-order valence-corrected chi connectivity index (χ4v) is 5.29. The minimum Gasteiger partial charge on any atom is -0.319 e. The Morgan fingerprint density at radius 1 is 1.11 bits per heavy atom. The number of rotatable bonds is 4. The molecule has 1 aliphatic heterocycles. The maximum absolute atomic E-state index is 13.8. The number of carbonyl (C=O) groups excluding carboxylic acids is 1. The van der Waals surface area contributed by atoms with Crippen molar-refractivity contribution in [3.63, 3.8) is 0 Å². The van der Waals surface area contributed by atoms with Crippen LogP contribution in [0.4, 0.5) is 18.9 Å². The van der Waals surface area contributed by atoms with Crippen LogP contribution in [-0.4, -0.2) is 19.0 Å². The first-order valence-electron chi connectivity index (χ1n) is 8.42. The van der Waals surface area contributed by atoms with Crippen LogP contribution in [0.15, 0.2) is 41.1 Å². The molecule has 0 spiro atoms. The Balaban J connectivity index is 1.55. The number of benzene rings is 1. The van der Waals surface area contributed by atoms with Crippen molar-refractivity contribution >= 4 is 34.3 Å². The summed E-state index contributed by atoms with van der Waals surface area (Å²) in [6, 6.07) is 8.00. The van der Waals surface area contributed by atoms with Crippen LogP contribution < -0.4 is 10.2 Å². The molecule has 0 radical (unpaired) electrons. The molecule has 1 aromatic carbocycles. The van der Waals surface area contributed by atoms with Gasteiger partial charge in [0.05, 0.1) is 17.1 Å². The van der Waals surface area contributed by atoms with E-state index in [9.17, 15) is 18.0 Å². The van der Waals surface area contributed by atoms with E-state index < -0.39 is 23.4 Å². The third-order valence-electron chi connectivity index (χ3n) is 4.70. The second kappa shape index (κ2) is 7.46. The highest BCUT2D eigenvalue weighted by molar-refractivity contribution is 7.10. The van der Waals surface area contributed by atoms with Gasteiger partial charge in [-0.15, -0.1) is 22.7 Å². The number of anilines is 1. The molecule has 140 valence electrons. The van der Waals surface area contributed by atoms with Gasteiger partial charge in [-0.2, -0.15) is 0 Å². The predicted molar refractivity (Wildman–Crippen MR) is 99.8 cm³/mol. The van der Waals surface area contributed by atoms with E-state index in [4.69, 9.17) is 0 Å². The van der Waals surface area contributed by atoms with Crippen LogP contribution in [-0.2, 0) is 11.2 Å². The van der Waals surface area contributed by atoms with Crippen LogP contribution in [0.25, 0.3) is 0 Å². The summed E-state index contributed by atoms with van der Waals surface area (Å²) < 4.78 is 40.3. The van der Waals surface area contributed by atoms with E-state index in [1.165, 1.54) is 10.4 Å². The van der Waals surface area contributed by atoms with Gasteiger partial charge in [0.2, 0.25) is 0 Å². The molecule has 0 fully saturated rings. The van der Waals surface area contributed by atoms with Crippen molar-refractivity contribution in [2.45, 2.75) is 12.5 Å². The average molecular weight is 409 g/mol. The van der Waals surface area contributed by atoms with Crippen molar-refractivity contribution in [1.82, 2.24) is 0 Å². The van der Waals surface area contributed by atoms with Gasteiger partial charge in [0.25, 0.3) is 5.91 Å². The summed E-state index contributed by atoms with van der Waals surface area (Å²) in [7, 11) is 0. The van der Waals surface area contributed by atoms with Crippen molar-refractivity contribution < 1.29 is 22.9 Å². The number of hydrogen-bond acceptors (Lipinski definition) is 3. The van der Waals surface area contributed by atoms with Gasteiger partial charge in [-0.25, -0.2) is 13.2 Å². The molecule has 0 saturated carbocycles. The summed E-state index contributed by atoms with van der Waals surface area (Å²) >= 11 is 3.36. The molecule has 3 aromatic rings. The number of halogens is 3. The Labute approximate surface area is 162 Å². The molecule has 27 heavy (non-hydrogen) atoms. The normalized spacial score (nSPS) is 18.9. The molecule has 3 heterocycles. The van der Waals surface area contributed by atoms with Crippen molar-refractivity contribution in [1.29, 1.82) is 0 Å². The quantitative estimate of drug-likeness (QED) is 0.637. The fraction of sp³-hybridized carbons (Fsp3) is 0.211. The van der Waals surface area contributed by atoms with Gasteiger partial charge in [-0.3, -0.25) is 4.79 Å². The Hall–Kier alpha value is -2.16. The Kier molecular flexibility index (Phi) is 5.03. The summed E-state index contributed by atoms with van der Waals surface area (Å²) in [4.78, 5) is 16.0. The number of fused-ring (bicyclic) bond motifs is 1. The van der Waals surface area contributed by atoms with Crippen LogP contribution in [0.5, 0.6) is 0 Å². The zero-order chi connectivity index (χ0) is 19.0. The van der Waals surface area contributed by atoms with E-state index in [1.807, 2.05) is 11.4 Å². The minimum atomic E-state index is -1.59. The van der Waals surface area contributed by atoms with Crippen molar-refractivity contribution in [3.05, 3.63) is 73.9 Å². The van der Waals surface area contributed by atoms with E-state index in [0.717, 1.165) is 34.9 Å². The van der Waals surface area contributed by atoms with Gasteiger partial charge < -0.3 is 10.2 Å². The molecule has 3 nitrogen and oxygen atoms in total. The highest BCUT2D eigenvalue weighted by Crippen LogP contribution is 2.31. The first-order valence-corrected chi connectivity index (χ1v) is 10.2. The summed E-state index contributed by atoms with van der Waals surface area (Å²) in [6.45, 7) is 0.875. The zero-order valence-corrected chi connectivity index (χ0v) is 15.7. The third-order valence-corrected chi connectivity index (χ3v) is 6.63. The second-order valence-corrected chi connectivity index (χ2v) is 8.33. The first kappa shape index (κ1) is 18.2. The molecule has 0 saturated heterocycles. The van der Waals surface area contributed by atoms with Gasteiger partial charge >= 0.3 is 0 Å². The zero-order valence-electron chi connectivity index (χ0n) is 14.1. The Bertz CT molecular complexity index is 972. The van der Waals surface area contributed by atoms with Crippen LogP contribution in [0.1, 0.15) is 21.4 Å². The molecule has 2 N–H and O–H groups in total. The van der Waals surface area contributed by atoms with Gasteiger partial charge in [0.15, 0.2) is 24.0 Å². The lowest BCUT2D eigenvalue weighted by Gasteiger charge is -2.31. The van der Waals surface area contributed by atoms with Gasteiger partial charge in [-0.1, -0.05) is 6.07 Å². The van der Waals surface area contributed by atoms with Crippen LogP contribution in [0.2, 0.25) is 0 Å². The number of hydrogen-bond donors (Lipinski definition) is 2. The molecule has 1 amide bonds. The summed E-state index contributed by atoms with van der Waals surface area (Å²) in [5.41, 5.74) is 0.870. The lowest BCUT2D eigenvalue weighted by molar-refractivity contribution is -0.919. The van der Waals surface area contributed by atoms with E-state index in [2.05, 4.69) is 22.8 Å². The SMILES string of the molecule is O=C(C[NH+]1CCc2sccc2[C@@H]1c1cccs1)Nc1ccc(F)c(F)c1F. The summed E-state index contributed by atoms with van der Waals surface area (Å²) in [5, 5.41) is 6.44. The molecule has 8 heteroatoms. The molecule has 2 aromatic heterocycles. The number of thiophene rings is 2. The topological polar surface area (TPSA) is 33.5 Å². The first-order chi connectivity index (χ1) is 13.0. The third kappa shape index (κ3) is 3.52. The number of amides is 1. The van der Waals surface area contributed by atoms with E-state index in [1.54, 1.807) is 22.7 Å². The van der Waals surface area contributed by atoms with Crippen molar-refractivity contribution in [2.24, 2.45) is 0 Å². The van der Waals surface area contributed by atoms with E-state index in [0.29, 0.717) is 0 Å². The van der Waals surface area contributed by atoms with Gasteiger partial charge in [0, 0.05) is 16.9 Å². The van der Waals surface area contributed by atoms with Crippen LogP contribution in [0, 0.1) is 17.5 Å². The molecule has 2 atom stereocenters. The van der Waals surface area contributed by atoms with E-state index in [-0.39, 0.29) is 18.3 Å². The number of carbonyl (C=O) groups is 1. The van der Waals surface area contributed by atoms with Crippen LogP contribution in [0.3, 0.4) is 0 Å². The largest absolute Gasteiger partial charge is 0.319 e. The molecule has 4 rings (SSSR count). The fourth-order valence-electron chi connectivity index (χ4n) is 3.47. The molecular formula is C19H16F3N2OS2+. The monoisotopic (exact) mass is 409 g/mol. The number of nitrogens with one attached hydrogen (secondary N) is 2. The van der Waals surface area contributed by atoms with Crippen LogP contribution >= 0.6 is 22.7 Å². The Morgan fingerprint density at radius 2 is 1.96 bits per heavy atom. The molecular weight excluding hydrogens is 393 g/mol. The maximum Gasteiger partial charge on any atom is 0.279 e. The van der Waals surface area contributed by atoms with Gasteiger partial charge in [0.1, 0.15) is 6.04 Å². The Morgan fingerprint density at radius 3 is 2.74 bits per heavy atom. The summed E-state index contributed by atoms with van der Waals surface area (Å²) in [5.74, 6) is -4.69. The second-order valence-electron chi connectivity index (χ2n) is 6.35. The standard InChI is InChI=1S/C19H15F3N2OS2/c20-12-3-4-13(18(22)17(12)21)23-16(25)10-24-7-5-14-11(6-9-27-14)19(24)15-2-1-8-26-15/h1-4,6,8-9,19H,5,7,10H2,(H,23,25)/p+1/t19-/m1/s1. The smallest absolute Gasteiger partial charge is 0.279 e. The highest BCUT2D eigenvalue weighted by Gasteiger charge is 2.35. The molecule has 0 bridgehead atoms. The van der Waals surface area contributed by atoms with Gasteiger partial charge in [-0.05, 0) is 35.0 Å². The molecule has 1 unspecified atom stereocenters. The summed E-state index contributed by atoms with van der Waals surface area (Å²) in [6.07, 6.45) is 0.872. The lowest BCUT2D eigenvalue weighted by atomic mass is 9.98. The van der Waals surface area contributed by atoms with Crippen molar-refractivity contribution in [3.8, 4) is 0 Å². The lowest BCUT2D eigenvalue weighted by Crippen LogP contribution is -3.14. The molecule has 0 aliphatic carbocycles. The predicted octanol–water partition coefficient (Wildman–Crippen LogP) is 3.40. The maximum atomic E-state index is 13.8. The average Bonchev–Trinajstić information content (AvgIpc) is 3.33. The van der Waals surface area contributed by atoms with Crippen molar-refractivity contribution in [2.75, 3.05) is 18.4 Å². The van der Waals surface area contributed by atoms with E-state index >= 15 is 0 Å². The minimum absolute atomic E-state index is 0.0422. The molecule has 1 aliphatic rings. The highest BCUT2D eigenvalue weighted by atomic mass is 32.1.